The molecule has 9 heteroatoms. The Morgan fingerprint density at radius 1 is 0.864 bits per heavy atom. The van der Waals surface area contributed by atoms with E-state index in [1.807, 2.05) is 73.7 Å². The van der Waals surface area contributed by atoms with Crippen molar-refractivity contribution >= 4 is 24.1 Å². The smallest absolute Gasteiger partial charge is 0.407 e. The molecule has 1 heterocycles. The largest absolute Gasteiger partial charge is 0.452 e. The Morgan fingerprint density at radius 2 is 1.51 bits per heavy atom. The van der Waals surface area contributed by atoms with Gasteiger partial charge in [-0.15, -0.1) is 0 Å². The number of carbonyl (C=O) groups is 4. The molecule has 0 aromatic heterocycles. The monoisotopic (exact) mass is 806 g/mol. The summed E-state index contributed by atoms with van der Waals surface area (Å²) in [6.07, 6.45) is 8.58. The maximum Gasteiger partial charge on any atom is 0.407 e. The van der Waals surface area contributed by atoms with Crippen LogP contribution in [0.4, 0.5) is 4.79 Å². The van der Waals surface area contributed by atoms with Gasteiger partial charge < -0.3 is 24.3 Å². The molecule has 10 atom stereocenters. The van der Waals surface area contributed by atoms with E-state index in [0.29, 0.717) is 39.0 Å². The number of hydrogen-bond acceptors (Lipinski definition) is 8. The third-order valence-corrected chi connectivity index (χ3v) is 17.5. The van der Waals surface area contributed by atoms with Crippen LogP contribution < -0.4 is 5.32 Å². The first kappa shape index (κ1) is 41.9. The lowest BCUT2D eigenvalue weighted by molar-refractivity contribution is -0.202. The van der Waals surface area contributed by atoms with Crippen LogP contribution in [0.25, 0.3) is 0 Å². The average molecular weight is 807 g/mol. The van der Waals surface area contributed by atoms with Crippen LogP contribution in [-0.4, -0.2) is 74.5 Å². The highest BCUT2D eigenvalue weighted by Crippen LogP contribution is 2.75. The van der Waals surface area contributed by atoms with E-state index in [9.17, 15) is 14.4 Å². The zero-order chi connectivity index (χ0) is 41.8. The normalized spacial score (nSPS) is 39.4. The molecule has 2 aromatic rings. The highest BCUT2D eigenvalue weighted by molar-refractivity contribution is 5.96. The third kappa shape index (κ3) is 7.00. The molecule has 0 spiro atoms. The van der Waals surface area contributed by atoms with Crippen molar-refractivity contribution in [1.82, 2.24) is 10.2 Å². The molecule has 318 valence electrons. The number of carbonyl (C=O) groups excluding carboxylic acids is 4. The van der Waals surface area contributed by atoms with Crippen LogP contribution in [0.15, 0.2) is 72.3 Å². The van der Waals surface area contributed by atoms with E-state index in [4.69, 9.17) is 14.2 Å². The predicted octanol–water partition coefficient (Wildman–Crippen LogP) is 8.91. The van der Waals surface area contributed by atoms with E-state index >= 15 is 4.79 Å². The molecule has 59 heavy (non-hydrogen) atoms. The Bertz CT molecular complexity index is 1910. The number of ketones is 1. The summed E-state index contributed by atoms with van der Waals surface area (Å²) in [5.41, 5.74) is 0.405. The fraction of sp³-hybridized carbons (Fsp3) is 0.640. The summed E-state index contributed by atoms with van der Waals surface area (Å²) in [5, 5.41) is 2.93. The van der Waals surface area contributed by atoms with E-state index in [1.165, 1.54) is 5.57 Å². The Kier molecular flexibility index (Phi) is 11.1. The molecule has 4 saturated carbocycles. The van der Waals surface area contributed by atoms with Crippen LogP contribution in [0.3, 0.4) is 0 Å². The number of morpholine rings is 1. The molecule has 0 unspecified atom stereocenters. The van der Waals surface area contributed by atoms with Crippen molar-refractivity contribution in [2.75, 3.05) is 39.4 Å². The van der Waals surface area contributed by atoms with Crippen LogP contribution in [0.5, 0.6) is 0 Å². The van der Waals surface area contributed by atoms with Crippen LogP contribution in [0, 0.1) is 50.2 Å². The van der Waals surface area contributed by atoms with Gasteiger partial charge in [0.1, 0.15) is 12.4 Å². The minimum atomic E-state index is -0.922. The molecule has 5 aliphatic carbocycles. The lowest BCUT2D eigenvalue weighted by atomic mass is 9.33. The van der Waals surface area contributed by atoms with Gasteiger partial charge in [0, 0.05) is 32.1 Å². The summed E-state index contributed by atoms with van der Waals surface area (Å²) in [5.74, 6) is -0.336. The fourth-order valence-corrected chi connectivity index (χ4v) is 13.6. The number of alkyl carbamates (subject to hydrolysis) is 1. The standard InChI is InChI=1S/C50H66N2O7/c1-45-21-22-46(2,43(55)59-41(34-13-9-7-10-14-34)35-15-11-8-12-16-35)32-37(45)36-31-38(54)42-47(3)19-18-40(58-44(56)51-25-26-52-27-29-57-30-28-52)48(4,33-53)39(47)17-20-50(42,6)49(36,5)24-23-45/h7-16,31,33,37,39-42H,17-30,32H2,1-6H3,(H,51,56)/t37-,39+,40-,42+,45+,46-,47-,48-,49+,50+/m0/s1. The number of aldehydes is 1. The van der Waals surface area contributed by atoms with Crippen LogP contribution >= 0.6 is 0 Å². The van der Waals surface area contributed by atoms with E-state index in [2.05, 4.69) is 44.8 Å². The molecule has 1 N–H and O–H groups in total. The van der Waals surface area contributed by atoms with Crippen LogP contribution in [-0.2, 0) is 28.6 Å². The molecule has 0 bridgehead atoms. The SMILES string of the molecule is C[C@]1(C(=O)OC(c2ccccc2)c2ccccc2)CC[C@]2(C)CC[C@]3(C)C(=CC(=O)[C@@H]4[C@@]5(C)CC[C@H](OC(=O)NCCN6CCOCC6)[C@@](C)(C=O)[C@@H]5CC[C@]43C)[C@@H]2C1. The highest BCUT2D eigenvalue weighted by Gasteiger charge is 2.71. The predicted molar refractivity (Wildman–Crippen MR) is 226 cm³/mol. The Morgan fingerprint density at radius 3 is 2.15 bits per heavy atom. The highest BCUT2D eigenvalue weighted by atomic mass is 16.6. The molecule has 5 fully saturated rings. The van der Waals surface area contributed by atoms with Crippen molar-refractivity contribution in [1.29, 1.82) is 0 Å². The van der Waals surface area contributed by atoms with Gasteiger partial charge in [0.2, 0.25) is 0 Å². The molecule has 8 rings (SSSR count). The molecule has 1 aliphatic heterocycles. The van der Waals surface area contributed by atoms with Gasteiger partial charge in [0.25, 0.3) is 0 Å². The molecular formula is C50H66N2O7. The lowest BCUT2D eigenvalue weighted by Crippen LogP contribution is -2.67. The van der Waals surface area contributed by atoms with Crippen molar-refractivity contribution in [3.8, 4) is 0 Å². The first-order valence-corrected chi connectivity index (χ1v) is 22.4. The van der Waals surface area contributed by atoms with Gasteiger partial charge in [-0.1, -0.05) is 93.9 Å². The zero-order valence-corrected chi connectivity index (χ0v) is 36.2. The molecule has 9 nitrogen and oxygen atoms in total. The minimum Gasteiger partial charge on any atom is -0.452 e. The minimum absolute atomic E-state index is 0.0256. The number of ether oxygens (including phenoxy) is 3. The Labute approximate surface area is 351 Å². The second-order valence-electron chi connectivity index (χ2n) is 20.7. The van der Waals surface area contributed by atoms with Gasteiger partial charge >= 0.3 is 12.1 Å². The summed E-state index contributed by atoms with van der Waals surface area (Å²) >= 11 is 0. The number of hydrogen-bond donors (Lipinski definition) is 1. The Balaban J connectivity index is 1.03. The van der Waals surface area contributed by atoms with Gasteiger partial charge in [-0.05, 0) is 122 Å². The van der Waals surface area contributed by atoms with E-state index in [0.717, 1.165) is 75.6 Å². The Hall–Kier alpha value is -3.82. The summed E-state index contributed by atoms with van der Waals surface area (Å²) in [4.78, 5) is 58.3. The van der Waals surface area contributed by atoms with Crippen molar-refractivity contribution < 1.29 is 33.4 Å². The number of nitrogens with zero attached hydrogens (tertiary/aromatic N) is 1. The summed E-state index contributed by atoms with van der Waals surface area (Å²) in [7, 11) is 0. The second-order valence-corrected chi connectivity index (χ2v) is 20.7. The van der Waals surface area contributed by atoms with Crippen molar-refractivity contribution in [2.45, 2.75) is 112 Å². The molecular weight excluding hydrogens is 741 g/mol. The van der Waals surface area contributed by atoms with Gasteiger partial charge in [0.15, 0.2) is 11.9 Å². The molecule has 1 saturated heterocycles. The first-order valence-electron chi connectivity index (χ1n) is 22.4. The molecule has 2 aromatic carbocycles. The quantitative estimate of drug-likeness (QED) is 0.198. The maximum atomic E-state index is 15.1. The molecule has 0 radical (unpaired) electrons. The zero-order valence-electron chi connectivity index (χ0n) is 36.2. The van der Waals surface area contributed by atoms with Crippen molar-refractivity contribution in [3.63, 3.8) is 0 Å². The van der Waals surface area contributed by atoms with Crippen LogP contribution in [0.2, 0.25) is 0 Å². The number of amides is 1. The number of esters is 1. The van der Waals surface area contributed by atoms with Gasteiger partial charge in [-0.2, -0.15) is 0 Å². The second kappa shape index (κ2) is 15.6. The lowest BCUT2D eigenvalue weighted by Gasteiger charge is -2.70. The van der Waals surface area contributed by atoms with E-state index in [-0.39, 0.29) is 45.8 Å². The fourth-order valence-electron chi connectivity index (χ4n) is 13.6. The number of rotatable bonds is 9. The van der Waals surface area contributed by atoms with Crippen molar-refractivity contribution in [2.24, 2.45) is 50.2 Å². The number of allylic oxidation sites excluding steroid dienone is 2. The maximum absolute atomic E-state index is 15.1. The summed E-state index contributed by atoms with van der Waals surface area (Å²) in [6.45, 7) is 17.7. The van der Waals surface area contributed by atoms with Gasteiger partial charge in [-0.25, -0.2) is 4.79 Å². The summed E-state index contributed by atoms with van der Waals surface area (Å²) in [6, 6.07) is 20.0. The third-order valence-electron chi connectivity index (χ3n) is 17.5. The number of benzene rings is 2. The first-order chi connectivity index (χ1) is 28.1. The molecule has 6 aliphatic rings. The van der Waals surface area contributed by atoms with Crippen LogP contribution in [0.1, 0.15) is 117 Å². The number of fused-ring (bicyclic) bond motifs is 7. The average Bonchev–Trinajstić information content (AvgIpc) is 3.23. The molecule has 1 amide bonds. The van der Waals surface area contributed by atoms with Gasteiger partial charge in [-0.3, -0.25) is 14.5 Å². The van der Waals surface area contributed by atoms with E-state index < -0.39 is 34.5 Å². The van der Waals surface area contributed by atoms with E-state index in [1.54, 1.807) is 0 Å². The summed E-state index contributed by atoms with van der Waals surface area (Å²) < 4.78 is 18.1. The topological polar surface area (TPSA) is 111 Å². The van der Waals surface area contributed by atoms with Gasteiger partial charge in [0.05, 0.1) is 24.0 Å². The number of nitrogens with one attached hydrogen (secondary N) is 1. The van der Waals surface area contributed by atoms with Crippen molar-refractivity contribution in [3.05, 3.63) is 83.4 Å².